The molecule has 1 fully saturated rings. The van der Waals surface area contributed by atoms with Crippen LogP contribution >= 0.6 is 0 Å². The number of likely N-dealkylation sites (tertiary alicyclic amines) is 1. The minimum absolute atomic E-state index is 0.00313. The van der Waals surface area contributed by atoms with E-state index < -0.39 is 17.8 Å². The lowest BCUT2D eigenvalue weighted by molar-refractivity contribution is -0.143. The molecule has 0 aliphatic carbocycles. The lowest BCUT2D eigenvalue weighted by Gasteiger charge is -2.23. The van der Waals surface area contributed by atoms with Gasteiger partial charge >= 0.3 is 5.97 Å². The average Bonchev–Trinajstić information content (AvgIpc) is 2.73. The quantitative estimate of drug-likeness (QED) is 0.904. The molecular formula is C14H15FN2O2. The van der Waals surface area contributed by atoms with Gasteiger partial charge < -0.3 is 5.11 Å². The largest absolute Gasteiger partial charge is 0.480 e. The summed E-state index contributed by atoms with van der Waals surface area (Å²) in [6.07, 6.45) is 0.837. The van der Waals surface area contributed by atoms with Crippen LogP contribution in [0.15, 0.2) is 18.2 Å². The highest BCUT2D eigenvalue weighted by Gasteiger charge is 2.36. The number of nitrogens with zero attached hydrogens (tertiary/aromatic N) is 2. The standard InChI is InChI=1S/C14H15FN2O2/c1-9-4-5-17(13(9)14(18)19)8-10-2-3-12(15)11(6-10)7-16/h2-3,6,9,13H,4-5,8H2,1H3,(H,18,19). The van der Waals surface area contributed by atoms with Crippen molar-refractivity contribution < 1.29 is 14.3 Å². The third-order valence-corrected chi connectivity index (χ3v) is 3.59. The first-order valence-electron chi connectivity index (χ1n) is 6.18. The Morgan fingerprint density at radius 3 is 3.00 bits per heavy atom. The van der Waals surface area contributed by atoms with Gasteiger partial charge in [0.15, 0.2) is 0 Å². The second kappa shape index (κ2) is 5.37. The molecule has 19 heavy (non-hydrogen) atoms. The van der Waals surface area contributed by atoms with Crippen LogP contribution in [0.4, 0.5) is 4.39 Å². The van der Waals surface area contributed by atoms with Gasteiger partial charge in [-0.25, -0.2) is 4.39 Å². The van der Waals surface area contributed by atoms with E-state index in [4.69, 9.17) is 5.26 Å². The molecule has 1 N–H and O–H groups in total. The Bertz CT molecular complexity index is 539. The third kappa shape index (κ3) is 2.74. The Labute approximate surface area is 111 Å². The van der Waals surface area contributed by atoms with Gasteiger partial charge in [0.2, 0.25) is 0 Å². The molecular weight excluding hydrogens is 247 g/mol. The topological polar surface area (TPSA) is 64.3 Å². The first-order valence-corrected chi connectivity index (χ1v) is 6.18. The molecule has 1 heterocycles. The Balaban J connectivity index is 2.17. The van der Waals surface area contributed by atoms with Crippen LogP contribution in [-0.4, -0.2) is 28.6 Å². The Morgan fingerprint density at radius 2 is 2.37 bits per heavy atom. The monoisotopic (exact) mass is 262 g/mol. The van der Waals surface area contributed by atoms with E-state index >= 15 is 0 Å². The number of benzene rings is 1. The van der Waals surface area contributed by atoms with Gasteiger partial charge in [-0.1, -0.05) is 13.0 Å². The van der Waals surface area contributed by atoms with E-state index in [1.165, 1.54) is 12.1 Å². The first-order chi connectivity index (χ1) is 9.02. The molecule has 2 atom stereocenters. The van der Waals surface area contributed by atoms with Crippen molar-refractivity contribution >= 4 is 5.97 Å². The molecule has 0 bridgehead atoms. The highest BCUT2D eigenvalue weighted by Crippen LogP contribution is 2.26. The predicted molar refractivity (Wildman–Crippen MR) is 66.7 cm³/mol. The van der Waals surface area contributed by atoms with E-state index in [9.17, 15) is 14.3 Å². The van der Waals surface area contributed by atoms with Crippen molar-refractivity contribution in [2.24, 2.45) is 5.92 Å². The number of hydrogen-bond donors (Lipinski definition) is 1. The van der Waals surface area contributed by atoms with Crippen molar-refractivity contribution in [2.75, 3.05) is 6.54 Å². The summed E-state index contributed by atoms with van der Waals surface area (Å²) in [5, 5.41) is 18.0. The van der Waals surface area contributed by atoms with Gasteiger partial charge in [0.25, 0.3) is 0 Å². The van der Waals surface area contributed by atoms with Gasteiger partial charge in [-0.3, -0.25) is 9.69 Å². The van der Waals surface area contributed by atoms with E-state index in [2.05, 4.69) is 0 Å². The van der Waals surface area contributed by atoms with Gasteiger partial charge in [0.1, 0.15) is 17.9 Å². The van der Waals surface area contributed by atoms with Crippen molar-refractivity contribution in [3.63, 3.8) is 0 Å². The molecule has 1 aromatic rings. The molecule has 0 spiro atoms. The van der Waals surface area contributed by atoms with Crippen LogP contribution in [0.3, 0.4) is 0 Å². The Hall–Kier alpha value is -1.93. The molecule has 1 aliphatic heterocycles. The lowest BCUT2D eigenvalue weighted by atomic mass is 10.0. The third-order valence-electron chi connectivity index (χ3n) is 3.59. The number of halogens is 1. The Kier molecular flexibility index (Phi) is 3.82. The van der Waals surface area contributed by atoms with Gasteiger partial charge in [-0.15, -0.1) is 0 Å². The summed E-state index contributed by atoms with van der Waals surface area (Å²) >= 11 is 0. The van der Waals surface area contributed by atoms with Crippen molar-refractivity contribution in [1.29, 1.82) is 5.26 Å². The molecule has 0 amide bonds. The molecule has 1 aromatic carbocycles. The van der Waals surface area contributed by atoms with Gasteiger partial charge in [0.05, 0.1) is 5.56 Å². The fourth-order valence-electron chi connectivity index (χ4n) is 2.59. The van der Waals surface area contributed by atoms with Crippen LogP contribution in [-0.2, 0) is 11.3 Å². The zero-order valence-electron chi connectivity index (χ0n) is 10.6. The van der Waals surface area contributed by atoms with Crippen molar-refractivity contribution in [3.05, 3.63) is 35.1 Å². The summed E-state index contributed by atoms with van der Waals surface area (Å²) in [4.78, 5) is 13.1. The maximum absolute atomic E-state index is 13.2. The van der Waals surface area contributed by atoms with E-state index in [0.717, 1.165) is 12.0 Å². The summed E-state index contributed by atoms with van der Waals surface area (Å²) in [6, 6.07) is 5.62. The average molecular weight is 262 g/mol. The smallest absolute Gasteiger partial charge is 0.321 e. The van der Waals surface area contributed by atoms with Crippen molar-refractivity contribution in [1.82, 2.24) is 4.90 Å². The summed E-state index contributed by atoms with van der Waals surface area (Å²) < 4.78 is 13.2. The molecule has 0 aromatic heterocycles. The SMILES string of the molecule is CC1CCN(Cc2ccc(F)c(C#N)c2)C1C(=O)O. The summed E-state index contributed by atoms with van der Waals surface area (Å²) in [6.45, 7) is 3.05. The highest BCUT2D eigenvalue weighted by molar-refractivity contribution is 5.74. The molecule has 0 saturated carbocycles. The second-order valence-corrected chi connectivity index (χ2v) is 4.95. The number of rotatable bonds is 3. The van der Waals surface area contributed by atoms with Crippen LogP contribution in [0.5, 0.6) is 0 Å². The maximum atomic E-state index is 13.2. The molecule has 100 valence electrons. The summed E-state index contributed by atoms with van der Waals surface area (Å²) in [5.74, 6) is -1.27. The zero-order valence-corrected chi connectivity index (χ0v) is 10.6. The Morgan fingerprint density at radius 1 is 1.63 bits per heavy atom. The number of hydrogen-bond acceptors (Lipinski definition) is 3. The zero-order chi connectivity index (χ0) is 14.0. The van der Waals surface area contributed by atoms with Crippen LogP contribution in [0.2, 0.25) is 0 Å². The normalized spacial score (nSPS) is 23.2. The number of carbonyl (C=O) groups is 1. The maximum Gasteiger partial charge on any atom is 0.321 e. The van der Waals surface area contributed by atoms with Crippen LogP contribution in [0.1, 0.15) is 24.5 Å². The van der Waals surface area contributed by atoms with Gasteiger partial charge in [-0.2, -0.15) is 5.26 Å². The number of carboxylic acids is 1. The van der Waals surface area contributed by atoms with Crippen LogP contribution in [0, 0.1) is 23.1 Å². The molecule has 5 heteroatoms. The van der Waals surface area contributed by atoms with Gasteiger partial charge in [0, 0.05) is 6.54 Å². The fraction of sp³-hybridized carbons (Fsp3) is 0.429. The number of nitriles is 1. The van der Waals surface area contributed by atoms with E-state index in [0.29, 0.717) is 13.1 Å². The minimum atomic E-state index is -0.826. The number of carboxylic acid groups (broad SMARTS) is 1. The van der Waals surface area contributed by atoms with E-state index in [1.54, 1.807) is 12.1 Å². The highest BCUT2D eigenvalue weighted by atomic mass is 19.1. The molecule has 1 aliphatic rings. The lowest BCUT2D eigenvalue weighted by Crippen LogP contribution is -2.38. The van der Waals surface area contributed by atoms with Gasteiger partial charge in [-0.05, 0) is 36.6 Å². The van der Waals surface area contributed by atoms with Crippen molar-refractivity contribution in [3.8, 4) is 6.07 Å². The number of aliphatic carboxylic acids is 1. The van der Waals surface area contributed by atoms with Crippen LogP contribution in [0.25, 0.3) is 0 Å². The second-order valence-electron chi connectivity index (χ2n) is 4.95. The first kappa shape index (κ1) is 13.5. The predicted octanol–water partition coefficient (Wildman–Crippen LogP) is 1.99. The summed E-state index contributed by atoms with van der Waals surface area (Å²) in [7, 11) is 0. The van der Waals surface area contributed by atoms with E-state index in [1.807, 2.05) is 11.8 Å². The molecule has 2 unspecified atom stereocenters. The minimum Gasteiger partial charge on any atom is -0.480 e. The summed E-state index contributed by atoms with van der Waals surface area (Å²) in [5.41, 5.74) is 0.759. The molecule has 1 saturated heterocycles. The molecule has 2 rings (SSSR count). The molecule has 4 nitrogen and oxygen atoms in total. The van der Waals surface area contributed by atoms with Crippen LogP contribution < -0.4 is 0 Å². The van der Waals surface area contributed by atoms with E-state index in [-0.39, 0.29) is 11.5 Å². The van der Waals surface area contributed by atoms with Crippen molar-refractivity contribution in [2.45, 2.75) is 25.9 Å². The molecule has 0 radical (unpaired) electrons. The fourth-order valence-corrected chi connectivity index (χ4v) is 2.59.